The van der Waals surface area contributed by atoms with Crippen molar-refractivity contribution in [1.29, 1.82) is 0 Å². The number of allylic oxidation sites excluding steroid dienone is 4. The molecule has 0 aromatic rings. The van der Waals surface area contributed by atoms with Gasteiger partial charge in [-0.15, -0.1) is 6.58 Å². The van der Waals surface area contributed by atoms with Gasteiger partial charge in [0.2, 0.25) is 0 Å². The van der Waals surface area contributed by atoms with Gasteiger partial charge in [-0.2, -0.15) is 0 Å². The summed E-state index contributed by atoms with van der Waals surface area (Å²) in [4.78, 5) is 12.1. The SMILES string of the molecule is C=C[C@@]1(C)CC[C@@]2(C)[C@@H](CC[C@]3(C)C(=C)C(=O)C=C[C@H]23)C1. The van der Waals surface area contributed by atoms with Crippen LogP contribution in [0.3, 0.4) is 0 Å². The fourth-order valence-electron chi connectivity index (χ4n) is 5.38. The molecule has 3 aliphatic carbocycles. The Kier molecular flexibility index (Phi) is 3.13. The molecule has 3 rings (SSSR count). The van der Waals surface area contributed by atoms with Gasteiger partial charge in [-0.3, -0.25) is 4.79 Å². The first-order chi connectivity index (χ1) is 9.75. The van der Waals surface area contributed by atoms with Crippen molar-refractivity contribution < 1.29 is 4.79 Å². The minimum Gasteiger partial charge on any atom is -0.290 e. The quantitative estimate of drug-likeness (QED) is 0.484. The van der Waals surface area contributed by atoms with Gasteiger partial charge in [0.25, 0.3) is 0 Å². The van der Waals surface area contributed by atoms with Crippen molar-refractivity contribution in [3.63, 3.8) is 0 Å². The summed E-state index contributed by atoms with van der Waals surface area (Å²) in [5.41, 5.74) is 1.41. The summed E-state index contributed by atoms with van der Waals surface area (Å²) in [6.07, 6.45) is 12.2. The predicted octanol–water partition coefficient (Wildman–Crippen LogP) is 5.10. The zero-order valence-electron chi connectivity index (χ0n) is 13.7. The van der Waals surface area contributed by atoms with E-state index in [1.54, 1.807) is 6.08 Å². The minimum atomic E-state index is -0.0288. The van der Waals surface area contributed by atoms with E-state index >= 15 is 0 Å². The summed E-state index contributed by atoms with van der Waals surface area (Å²) < 4.78 is 0. The lowest BCUT2D eigenvalue weighted by atomic mass is 9.43. The van der Waals surface area contributed by atoms with Gasteiger partial charge in [0, 0.05) is 5.41 Å². The maximum atomic E-state index is 12.1. The molecule has 3 aliphatic rings. The van der Waals surface area contributed by atoms with E-state index in [-0.39, 0.29) is 11.2 Å². The van der Waals surface area contributed by atoms with E-state index in [4.69, 9.17) is 0 Å². The second-order valence-electron chi connectivity index (χ2n) is 8.40. The summed E-state index contributed by atoms with van der Waals surface area (Å²) in [7, 11) is 0. The highest BCUT2D eigenvalue weighted by atomic mass is 16.1. The molecule has 0 amide bonds. The third-order valence-electron chi connectivity index (χ3n) is 7.21. The fraction of sp³-hybridized carbons (Fsp3) is 0.650. The van der Waals surface area contributed by atoms with E-state index in [2.05, 4.69) is 46.1 Å². The number of rotatable bonds is 1. The lowest BCUT2D eigenvalue weighted by Gasteiger charge is -2.61. The van der Waals surface area contributed by atoms with Crippen molar-refractivity contribution in [2.45, 2.75) is 52.9 Å². The molecule has 0 bridgehead atoms. The zero-order chi connectivity index (χ0) is 15.5. The van der Waals surface area contributed by atoms with E-state index in [0.717, 1.165) is 17.9 Å². The Labute approximate surface area is 129 Å². The molecule has 2 fully saturated rings. The van der Waals surface area contributed by atoms with Crippen LogP contribution in [-0.2, 0) is 4.79 Å². The standard InChI is InChI=1S/C20H28O/c1-6-18(3)11-12-20(5)15(13-18)9-10-19(4)14(2)16(21)7-8-17(19)20/h6-8,15,17H,1-2,9-13H2,3-5H3/t15-,17-,18-,19+,20-/m0/s1. The van der Waals surface area contributed by atoms with Gasteiger partial charge in [-0.05, 0) is 66.4 Å². The molecule has 21 heavy (non-hydrogen) atoms. The smallest absolute Gasteiger partial charge is 0.181 e. The molecular formula is C20H28O. The molecule has 114 valence electrons. The first-order valence-electron chi connectivity index (χ1n) is 8.31. The van der Waals surface area contributed by atoms with Crippen molar-refractivity contribution in [2.24, 2.45) is 28.1 Å². The second kappa shape index (κ2) is 4.44. The van der Waals surface area contributed by atoms with Crippen LogP contribution in [0.15, 0.2) is 37.0 Å². The zero-order valence-corrected chi connectivity index (χ0v) is 13.7. The first-order valence-corrected chi connectivity index (χ1v) is 8.31. The lowest BCUT2D eigenvalue weighted by molar-refractivity contribution is -0.117. The highest BCUT2D eigenvalue weighted by Crippen LogP contribution is 2.65. The molecule has 5 atom stereocenters. The summed E-state index contributed by atoms with van der Waals surface area (Å²) in [5.74, 6) is 1.34. The van der Waals surface area contributed by atoms with Gasteiger partial charge in [0.05, 0.1) is 0 Å². The molecule has 0 aromatic carbocycles. The molecule has 0 aliphatic heterocycles. The van der Waals surface area contributed by atoms with Gasteiger partial charge in [0.1, 0.15) is 0 Å². The van der Waals surface area contributed by atoms with Gasteiger partial charge >= 0.3 is 0 Å². The van der Waals surface area contributed by atoms with Crippen LogP contribution in [0, 0.1) is 28.1 Å². The van der Waals surface area contributed by atoms with E-state index in [9.17, 15) is 4.79 Å². The molecule has 0 N–H and O–H groups in total. The van der Waals surface area contributed by atoms with Gasteiger partial charge in [-0.25, -0.2) is 0 Å². The normalized spacial score (nSPS) is 49.5. The van der Waals surface area contributed by atoms with Crippen LogP contribution < -0.4 is 0 Å². The maximum absolute atomic E-state index is 12.1. The molecule has 2 saturated carbocycles. The average Bonchev–Trinajstić information content (AvgIpc) is 2.46. The molecule has 1 heteroatoms. The molecule has 0 radical (unpaired) electrons. The molecule has 0 aromatic heterocycles. The summed E-state index contributed by atoms with van der Waals surface area (Å²) in [5, 5.41) is 0. The van der Waals surface area contributed by atoms with Gasteiger partial charge in [-0.1, -0.05) is 39.5 Å². The molecular weight excluding hydrogens is 256 g/mol. The fourth-order valence-corrected chi connectivity index (χ4v) is 5.38. The Bertz CT molecular complexity index is 542. The number of ketones is 1. The second-order valence-corrected chi connectivity index (χ2v) is 8.40. The topological polar surface area (TPSA) is 17.1 Å². The lowest BCUT2D eigenvalue weighted by Crippen LogP contribution is -2.53. The van der Waals surface area contributed by atoms with E-state index in [0.29, 0.717) is 16.7 Å². The third kappa shape index (κ3) is 1.93. The Morgan fingerprint density at radius 1 is 1.24 bits per heavy atom. The van der Waals surface area contributed by atoms with Crippen molar-refractivity contribution >= 4 is 5.78 Å². The summed E-state index contributed by atoms with van der Waals surface area (Å²) >= 11 is 0. The highest BCUT2D eigenvalue weighted by Gasteiger charge is 2.57. The number of carbonyl (C=O) groups is 1. The monoisotopic (exact) mass is 284 g/mol. The van der Waals surface area contributed by atoms with Crippen molar-refractivity contribution in [3.8, 4) is 0 Å². The van der Waals surface area contributed by atoms with Crippen LogP contribution in [0.1, 0.15) is 52.9 Å². The molecule has 0 unspecified atom stereocenters. The number of carbonyl (C=O) groups excluding carboxylic acids is 1. The first kappa shape index (κ1) is 14.8. The Morgan fingerprint density at radius 3 is 2.62 bits per heavy atom. The molecule has 1 nitrogen and oxygen atoms in total. The average molecular weight is 284 g/mol. The largest absolute Gasteiger partial charge is 0.290 e. The van der Waals surface area contributed by atoms with Crippen LogP contribution in [-0.4, -0.2) is 5.78 Å². The van der Waals surface area contributed by atoms with E-state index in [1.807, 2.05) is 0 Å². The minimum absolute atomic E-state index is 0.0288. The Hall–Kier alpha value is -1.11. The van der Waals surface area contributed by atoms with E-state index < -0.39 is 0 Å². The number of hydrogen-bond acceptors (Lipinski definition) is 1. The highest BCUT2D eigenvalue weighted by molar-refractivity contribution is 6.05. The van der Waals surface area contributed by atoms with Crippen LogP contribution >= 0.6 is 0 Å². The van der Waals surface area contributed by atoms with Crippen LogP contribution in [0.4, 0.5) is 0 Å². The van der Waals surface area contributed by atoms with Crippen molar-refractivity contribution in [1.82, 2.24) is 0 Å². The van der Waals surface area contributed by atoms with Crippen LogP contribution in [0.2, 0.25) is 0 Å². The van der Waals surface area contributed by atoms with E-state index in [1.165, 1.54) is 25.7 Å². The van der Waals surface area contributed by atoms with Crippen molar-refractivity contribution in [3.05, 3.63) is 37.0 Å². The van der Waals surface area contributed by atoms with Crippen LogP contribution in [0.5, 0.6) is 0 Å². The Balaban J connectivity index is 1.99. The predicted molar refractivity (Wildman–Crippen MR) is 87.9 cm³/mol. The molecule has 0 spiro atoms. The molecule has 0 saturated heterocycles. The molecule has 0 heterocycles. The van der Waals surface area contributed by atoms with Crippen LogP contribution in [0.25, 0.3) is 0 Å². The van der Waals surface area contributed by atoms with Crippen molar-refractivity contribution in [2.75, 3.05) is 0 Å². The Morgan fingerprint density at radius 2 is 1.95 bits per heavy atom. The maximum Gasteiger partial charge on any atom is 0.181 e. The summed E-state index contributed by atoms with van der Waals surface area (Å²) in [6, 6.07) is 0. The number of hydrogen-bond donors (Lipinski definition) is 0. The third-order valence-corrected chi connectivity index (χ3v) is 7.21. The van der Waals surface area contributed by atoms with Gasteiger partial charge in [0.15, 0.2) is 5.78 Å². The summed E-state index contributed by atoms with van der Waals surface area (Å²) in [6.45, 7) is 15.3. The van der Waals surface area contributed by atoms with Gasteiger partial charge < -0.3 is 0 Å². The number of fused-ring (bicyclic) bond motifs is 3.